The Labute approximate surface area is 121 Å². The highest BCUT2D eigenvalue weighted by Crippen LogP contribution is 2.21. The zero-order valence-corrected chi connectivity index (χ0v) is 12.0. The number of ether oxygens (including phenoxy) is 1. The fourth-order valence-electron chi connectivity index (χ4n) is 2.08. The summed E-state index contributed by atoms with van der Waals surface area (Å²) in [5.74, 6) is -1.09. The van der Waals surface area contributed by atoms with Crippen molar-refractivity contribution in [3.8, 4) is 0 Å². The Morgan fingerprint density at radius 1 is 1.55 bits per heavy atom. The predicted molar refractivity (Wildman–Crippen MR) is 76.4 cm³/mol. The van der Waals surface area contributed by atoms with Crippen LogP contribution in [0.15, 0.2) is 17.5 Å². The molecule has 0 spiro atoms. The maximum absolute atomic E-state index is 11.9. The summed E-state index contributed by atoms with van der Waals surface area (Å²) in [6.45, 7) is 2.35. The molecular formula is C14H17NO4S. The second-order valence-corrected chi connectivity index (χ2v) is 5.70. The third kappa shape index (κ3) is 3.91. The van der Waals surface area contributed by atoms with Crippen LogP contribution in [-0.2, 0) is 20.9 Å². The van der Waals surface area contributed by atoms with E-state index in [1.54, 1.807) is 0 Å². The topological polar surface area (TPSA) is 75.6 Å². The highest BCUT2D eigenvalue weighted by Gasteiger charge is 2.27. The monoisotopic (exact) mass is 295 g/mol. The molecule has 1 aromatic heterocycles. The maximum atomic E-state index is 11.9. The minimum Gasteiger partial charge on any atom is -0.478 e. The molecule has 1 aliphatic rings. The van der Waals surface area contributed by atoms with Crippen LogP contribution < -0.4 is 5.32 Å². The summed E-state index contributed by atoms with van der Waals surface area (Å²) in [5.41, 5.74) is 0.818. The third-order valence-corrected chi connectivity index (χ3v) is 4.07. The Balaban J connectivity index is 1.89. The Bertz CT molecular complexity index is 523. The van der Waals surface area contributed by atoms with Gasteiger partial charge in [-0.3, -0.25) is 4.79 Å². The van der Waals surface area contributed by atoms with Gasteiger partial charge in [-0.15, -0.1) is 11.3 Å². The first-order chi connectivity index (χ1) is 9.56. The quantitative estimate of drug-likeness (QED) is 0.815. The van der Waals surface area contributed by atoms with Crippen LogP contribution in [0, 0.1) is 0 Å². The molecule has 1 saturated heterocycles. The smallest absolute Gasteiger partial charge is 0.328 e. The number of carboxylic acid groups (broad SMARTS) is 1. The van der Waals surface area contributed by atoms with Gasteiger partial charge in [-0.25, -0.2) is 4.79 Å². The van der Waals surface area contributed by atoms with E-state index in [2.05, 4.69) is 5.32 Å². The lowest BCUT2D eigenvalue weighted by Crippen LogP contribution is -2.34. The molecule has 20 heavy (non-hydrogen) atoms. The van der Waals surface area contributed by atoms with E-state index in [4.69, 9.17) is 9.84 Å². The molecule has 6 heteroatoms. The van der Waals surface area contributed by atoms with Crippen molar-refractivity contribution in [3.05, 3.63) is 28.0 Å². The summed E-state index contributed by atoms with van der Waals surface area (Å²) >= 11 is 1.49. The van der Waals surface area contributed by atoms with E-state index in [1.165, 1.54) is 17.4 Å². The van der Waals surface area contributed by atoms with E-state index in [9.17, 15) is 9.59 Å². The molecule has 2 heterocycles. The average Bonchev–Trinajstić information content (AvgIpc) is 3.02. The largest absolute Gasteiger partial charge is 0.478 e. The number of rotatable bonds is 5. The predicted octanol–water partition coefficient (Wildman–Crippen LogP) is 2.03. The van der Waals surface area contributed by atoms with Gasteiger partial charge in [-0.05, 0) is 42.9 Å². The molecule has 1 aromatic rings. The fourth-order valence-corrected chi connectivity index (χ4v) is 2.89. The summed E-state index contributed by atoms with van der Waals surface area (Å²) in [6, 6.07) is 1.83. The molecule has 2 atom stereocenters. The van der Waals surface area contributed by atoms with E-state index in [-0.39, 0.29) is 18.1 Å². The van der Waals surface area contributed by atoms with Crippen molar-refractivity contribution < 1.29 is 19.4 Å². The van der Waals surface area contributed by atoms with Gasteiger partial charge < -0.3 is 15.2 Å². The SMILES string of the molecule is CC1CCC(C(=O)NCc2sccc2/C=C/C(=O)O)O1. The first-order valence-corrected chi connectivity index (χ1v) is 7.35. The Hall–Kier alpha value is -1.66. The number of amides is 1. The summed E-state index contributed by atoms with van der Waals surface area (Å²) in [5, 5.41) is 13.3. The molecule has 5 nitrogen and oxygen atoms in total. The van der Waals surface area contributed by atoms with Crippen LogP contribution in [0.2, 0.25) is 0 Å². The highest BCUT2D eigenvalue weighted by molar-refractivity contribution is 7.10. The molecule has 0 radical (unpaired) electrons. The van der Waals surface area contributed by atoms with Crippen LogP contribution in [0.4, 0.5) is 0 Å². The standard InChI is InChI=1S/C14H17NO4S/c1-9-2-4-11(19-9)14(18)15-8-12-10(6-7-20-12)3-5-13(16)17/h3,5-7,9,11H,2,4,8H2,1H3,(H,15,18)(H,16,17)/b5-3+. The van der Waals surface area contributed by atoms with Crippen molar-refractivity contribution in [2.24, 2.45) is 0 Å². The Morgan fingerprint density at radius 3 is 3.00 bits per heavy atom. The van der Waals surface area contributed by atoms with E-state index >= 15 is 0 Å². The van der Waals surface area contributed by atoms with Crippen LogP contribution >= 0.6 is 11.3 Å². The molecule has 0 saturated carbocycles. The van der Waals surface area contributed by atoms with Crippen LogP contribution in [0.1, 0.15) is 30.2 Å². The lowest BCUT2D eigenvalue weighted by Gasteiger charge is -2.11. The average molecular weight is 295 g/mol. The van der Waals surface area contributed by atoms with Crippen molar-refractivity contribution in [2.75, 3.05) is 0 Å². The molecule has 1 amide bonds. The molecule has 2 unspecified atom stereocenters. The molecule has 0 bridgehead atoms. The first-order valence-electron chi connectivity index (χ1n) is 6.47. The Morgan fingerprint density at radius 2 is 2.35 bits per heavy atom. The minimum atomic E-state index is -0.987. The van der Waals surface area contributed by atoms with Gasteiger partial charge in [0.2, 0.25) is 5.91 Å². The van der Waals surface area contributed by atoms with Crippen molar-refractivity contribution in [2.45, 2.75) is 38.5 Å². The van der Waals surface area contributed by atoms with E-state index in [1.807, 2.05) is 18.4 Å². The van der Waals surface area contributed by atoms with Gasteiger partial charge in [0.15, 0.2) is 0 Å². The first kappa shape index (κ1) is 14.7. The molecule has 2 N–H and O–H groups in total. The lowest BCUT2D eigenvalue weighted by atomic mass is 10.2. The molecule has 1 fully saturated rings. The van der Waals surface area contributed by atoms with Gasteiger partial charge >= 0.3 is 5.97 Å². The van der Waals surface area contributed by atoms with E-state index in [0.29, 0.717) is 6.54 Å². The van der Waals surface area contributed by atoms with Crippen LogP contribution in [-0.4, -0.2) is 29.2 Å². The van der Waals surface area contributed by atoms with Crippen molar-refractivity contribution in [1.82, 2.24) is 5.32 Å². The second-order valence-electron chi connectivity index (χ2n) is 4.70. The number of thiophene rings is 1. The Kier molecular flexibility index (Phi) is 4.92. The van der Waals surface area contributed by atoms with Crippen molar-refractivity contribution in [3.63, 3.8) is 0 Å². The van der Waals surface area contributed by atoms with E-state index in [0.717, 1.165) is 29.4 Å². The number of hydrogen-bond acceptors (Lipinski definition) is 4. The van der Waals surface area contributed by atoms with Gasteiger partial charge in [-0.2, -0.15) is 0 Å². The van der Waals surface area contributed by atoms with Crippen molar-refractivity contribution >= 4 is 29.3 Å². The third-order valence-electron chi connectivity index (χ3n) is 3.13. The molecule has 0 aliphatic carbocycles. The number of hydrogen-bond donors (Lipinski definition) is 2. The summed E-state index contributed by atoms with van der Waals surface area (Å²) in [4.78, 5) is 23.4. The van der Waals surface area contributed by atoms with Crippen LogP contribution in [0.5, 0.6) is 0 Å². The molecule has 2 rings (SSSR count). The number of carboxylic acids is 1. The molecular weight excluding hydrogens is 278 g/mol. The maximum Gasteiger partial charge on any atom is 0.328 e. The zero-order chi connectivity index (χ0) is 14.5. The van der Waals surface area contributed by atoms with Gasteiger partial charge in [-0.1, -0.05) is 0 Å². The van der Waals surface area contributed by atoms with Gasteiger partial charge in [0.1, 0.15) is 6.10 Å². The van der Waals surface area contributed by atoms with Crippen LogP contribution in [0.3, 0.4) is 0 Å². The molecule has 0 aromatic carbocycles. The van der Waals surface area contributed by atoms with Crippen LogP contribution in [0.25, 0.3) is 6.08 Å². The van der Waals surface area contributed by atoms with Gasteiger partial charge in [0.05, 0.1) is 12.6 Å². The summed E-state index contributed by atoms with van der Waals surface area (Å²) < 4.78 is 5.50. The number of carbonyl (C=O) groups is 2. The minimum absolute atomic E-state index is 0.101. The summed E-state index contributed by atoms with van der Waals surface area (Å²) in [6.07, 6.45) is 4.07. The number of aliphatic carboxylic acids is 1. The van der Waals surface area contributed by atoms with Gasteiger partial charge in [0, 0.05) is 11.0 Å². The molecule has 1 aliphatic heterocycles. The number of nitrogens with one attached hydrogen (secondary N) is 1. The molecule has 108 valence electrons. The lowest BCUT2D eigenvalue weighted by molar-refractivity contribution is -0.132. The zero-order valence-electron chi connectivity index (χ0n) is 11.2. The second kappa shape index (κ2) is 6.67. The van der Waals surface area contributed by atoms with Gasteiger partial charge in [0.25, 0.3) is 0 Å². The number of carbonyl (C=O) groups excluding carboxylic acids is 1. The van der Waals surface area contributed by atoms with Crippen molar-refractivity contribution in [1.29, 1.82) is 0 Å². The fraction of sp³-hybridized carbons (Fsp3) is 0.429. The summed E-state index contributed by atoms with van der Waals surface area (Å²) in [7, 11) is 0. The normalized spacial score (nSPS) is 22.2. The van der Waals surface area contributed by atoms with E-state index < -0.39 is 5.97 Å². The highest BCUT2D eigenvalue weighted by atomic mass is 32.1.